The molecule has 0 radical (unpaired) electrons. The number of nitrogens with one attached hydrogen (secondary N) is 1. The Morgan fingerprint density at radius 1 is 1.60 bits per heavy atom. The van der Waals surface area contributed by atoms with E-state index in [1.54, 1.807) is 31.2 Å². The summed E-state index contributed by atoms with van der Waals surface area (Å²) in [6.07, 6.45) is 0.493. The predicted octanol–water partition coefficient (Wildman–Crippen LogP) is 2.83. The lowest BCUT2D eigenvalue weighted by Crippen LogP contribution is -2.20. The molecule has 0 saturated carbocycles. The molecule has 1 aromatic carbocycles. The average Bonchev–Trinajstić information content (AvgIpc) is 2.23. The summed E-state index contributed by atoms with van der Waals surface area (Å²) in [6.45, 7) is 1.79. The molecule has 4 heteroatoms. The largest absolute Gasteiger partial charge is 0.324 e. The zero-order valence-corrected chi connectivity index (χ0v) is 9.08. The van der Waals surface area contributed by atoms with Gasteiger partial charge in [0.05, 0.1) is 16.8 Å². The Hall–Kier alpha value is -1.53. The number of anilines is 1. The Balaban J connectivity index is 2.75. The lowest BCUT2D eigenvalue weighted by molar-refractivity contribution is -0.118. The van der Waals surface area contributed by atoms with Crippen LogP contribution in [0.25, 0.3) is 0 Å². The maximum absolute atomic E-state index is 11.5. The first-order valence-electron chi connectivity index (χ1n) is 4.64. The highest BCUT2D eigenvalue weighted by Crippen LogP contribution is 2.21. The maximum atomic E-state index is 11.5. The van der Waals surface area contributed by atoms with E-state index in [0.29, 0.717) is 17.1 Å². The molecule has 1 N–H and O–H groups in total. The van der Waals surface area contributed by atoms with Crippen molar-refractivity contribution in [3.8, 4) is 6.07 Å². The number of halogens is 1. The number of nitrogens with zero attached hydrogens (tertiary/aromatic N) is 1. The van der Waals surface area contributed by atoms with E-state index in [9.17, 15) is 4.79 Å². The summed E-state index contributed by atoms with van der Waals surface area (Å²) in [5, 5.41) is 11.8. The van der Waals surface area contributed by atoms with E-state index in [-0.39, 0.29) is 5.91 Å². The number of hydrogen-bond acceptors (Lipinski definition) is 2. The maximum Gasteiger partial charge on any atom is 0.241 e. The van der Waals surface area contributed by atoms with Crippen molar-refractivity contribution in [2.45, 2.75) is 13.3 Å². The summed E-state index contributed by atoms with van der Waals surface area (Å²) >= 11 is 5.86. The molecule has 1 aromatic rings. The number of carbonyl (C=O) groups excluding carboxylic acids is 1. The molecule has 0 aliphatic carbocycles. The minimum Gasteiger partial charge on any atom is -0.324 e. The summed E-state index contributed by atoms with van der Waals surface area (Å²) < 4.78 is 0. The van der Waals surface area contributed by atoms with E-state index < -0.39 is 5.92 Å². The van der Waals surface area contributed by atoms with E-state index >= 15 is 0 Å². The molecule has 0 heterocycles. The van der Waals surface area contributed by atoms with E-state index in [2.05, 4.69) is 5.32 Å². The van der Waals surface area contributed by atoms with Gasteiger partial charge in [0.15, 0.2) is 0 Å². The summed E-state index contributed by atoms with van der Waals surface area (Å²) in [5.74, 6) is -0.936. The van der Waals surface area contributed by atoms with Gasteiger partial charge >= 0.3 is 0 Å². The van der Waals surface area contributed by atoms with Crippen LogP contribution in [0.4, 0.5) is 5.69 Å². The Labute approximate surface area is 93.7 Å². The van der Waals surface area contributed by atoms with Crippen LogP contribution in [0.3, 0.4) is 0 Å². The Bertz CT molecular complexity index is 398. The SMILES string of the molecule is CCC(C#N)C(=O)Nc1ccccc1Cl. The number of para-hydroxylation sites is 1. The van der Waals surface area contributed by atoms with Gasteiger partial charge in [-0.2, -0.15) is 5.26 Å². The van der Waals surface area contributed by atoms with Crippen LogP contribution in [0.1, 0.15) is 13.3 Å². The van der Waals surface area contributed by atoms with Gasteiger partial charge in [0.1, 0.15) is 5.92 Å². The monoisotopic (exact) mass is 222 g/mol. The number of amides is 1. The van der Waals surface area contributed by atoms with Crippen LogP contribution < -0.4 is 5.32 Å². The van der Waals surface area contributed by atoms with Gasteiger partial charge in [0.25, 0.3) is 0 Å². The number of hydrogen-bond donors (Lipinski definition) is 1. The molecule has 1 unspecified atom stereocenters. The molecule has 0 aliphatic heterocycles. The van der Waals surface area contributed by atoms with Crippen molar-refractivity contribution in [3.05, 3.63) is 29.3 Å². The Morgan fingerprint density at radius 2 is 2.27 bits per heavy atom. The third-order valence-corrected chi connectivity index (χ3v) is 2.34. The van der Waals surface area contributed by atoms with Gasteiger partial charge in [-0.1, -0.05) is 30.7 Å². The molecule has 15 heavy (non-hydrogen) atoms. The smallest absolute Gasteiger partial charge is 0.241 e. The van der Waals surface area contributed by atoms with Gasteiger partial charge in [-0.3, -0.25) is 4.79 Å². The molecular formula is C11H11ClN2O. The van der Waals surface area contributed by atoms with Gasteiger partial charge in [0.2, 0.25) is 5.91 Å². The van der Waals surface area contributed by atoms with E-state index in [0.717, 1.165) is 0 Å². The van der Waals surface area contributed by atoms with Gasteiger partial charge in [-0.25, -0.2) is 0 Å². The molecular weight excluding hydrogens is 212 g/mol. The molecule has 1 atom stereocenters. The molecule has 0 aliphatic rings. The highest BCUT2D eigenvalue weighted by Gasteiger charge is 2.15. The third-order valence-electron chi connectivity index (χ3n) is 2.01. The van der Waals surface area contributed by atoms with Crippen LogP contribution in [-0.2, 0) is 4.79 Å². The van der Waals surface area contributed by atoms with Crippen LogP contribution >= 0.6 is 11.6 Å². The fourth-order valence-corrected chi connectivity index (χ4v) is 1.30. The minimum atomic E-state index is -0.624. The standard InChI is InChI=1S/C11H11ClN2O/c1-2-8(7-13)11(15)14-10-6-4-3-5-9(10)12/h3-6,8H,2H2,1H3,(H,14,15). The van der Waals surface area contributed by atoms with Crippen LogP contribution in [-0.4, -0.2) is 5.91 Å². The summed E-state index contributed by atoms with van der Waals surface area (Å²) in [7, 11) is 0. The fourth-order valence-electron chi connectivity index (χ4n) is 1.12. The highest BCUT2D eigenvalue weighted by molar-refractivity contribution is 6.33. The van der Waals surface area contributed by atoms with Crippen LogP contribution in [0.5, 0.6) is 0 Å². The normalized spacial score (nSPS) is 11.5. The first-order valence-corrected chi connectivity index (χ1v) is 5.01. The molecule has 78 valence electrons. The lowest BCUT2D eigenvalue weighted by atomic mass is 10.1. The van der Waals surface area contributed by atoms with Crippen molar-refractivity contribution in [2.24, 2.45) is 5.92 Å². The first-order chi connectivity index (χ1) is 7.19. The second-order valence-electron chi connectivity index (χ2n) is 3.06. The van der Waals surface area contributed by atoms with E-state index in [1.807, 2.05) is 6.07 Å². The van der Waals surface area contributed by atoms with Gasteiger partial charge in [0, 0.05) is 0 Å². The van der Waals surface area contributed by atoms with Gasteiger partial charge < -0.3 is 5.32 Å². The van der Waals surface area contributed by atoms with Crippen LogP contribution in [0.15, 0.2) is 24.3 Å². The van der Waals surface area contributed by atoms with Gasteiger partial charge in [-0.05, 0) is 18.6 Å². The molecule has 1 amide bonds. The third kappa shape index (κ3) is 2.97. The van der Waals surface area contributed by atoms with Gasteiger partial charge in [-0.15, -0.1) is 0 Å². The molecule has 0 spiro atoms. The zero-order chi connectivity index (χ0) is 11.3. The second-order valence-corrected chi connectivity index (χ2v) is 3.47. The van der Waals surface area contributed by atoms with Crippen molar-refractivity contribution < 1.29 is 4.79 Å². The lowest BCUT2D eigenvalue weighted by Gasteiger charge is -2.09. The van der Waals surface area contributed by atoms with Crippen molar-refractivity contribution in [2.75, 3.05) is 5.32 Å². The molecule has 0 saturated heterocycles. The Kier molecular flexibility index (Phi) is 4.14. The van der Waals surface area contributed by atoms with E-state index in [1.165, 1.54) is 0 Å². The molecule has 0 fully saturated rings. The number of nitriles is 1. The number of benzene rings is 1. The number of rotatable bonds is 3. The minimum absolute atomic E-state index is 0.312. The van der Waals surface area contributed by atoms with Crippen LogP contribution in [0, 0.1) is 17.2 Å². The van der Waals surface area contributed by atoms with Crippen molar-refractivity contribution in [1.29, 1.82) is 5.26 Å². The highest BCUT2D eigenvalue weighted by atomic mass is 35.5. The fraction of sp³-hybridized carbons (Fsp3) is 0.273. The average molecular weight is 223 g/mol. The quantitative estimate of drug-likeness (QED) is 0.855. The second kappa shape index (κ2) is 5.38. The first kappa shape index (κ1) is 11.5. The summed E-state index contributed by atoms with van der Waals surface area (Å²) in [5.41, 5.74) is 0.540. The van der Waals surface area contributed by atoms with Crippen LogP contribution in [0.2, 0.25) is 5.02 Å². The van der Waals surface area contributed by atoms with Crippen molar-refractivity contribution in [3.63, 3.8) is 0 Å². The molecule has 0 aromatic heterocycles. The number of carbonyl (C=O) groups is 1. The Morgan fingerprint density at radius 3 is 2.80 bits per heavy atom. The van der Waals surface area contributed by atoms with Crippen molar-refractivity contribution >= 4 is 23.2 Å². The topological polar surface area (TPSA) is 52.9 Å². The summed E-state index contributed by atoms with van der Waals surface area (Å²) in [4.78, 5) is 11.5. The molecule has 0 bridgehead atoms. The van der Waals surface area contributed by atoms with E-state index in [4.69, 9.17) is 16.9 Å². The predicted molar refractivity (Wildman–Crippen MR) is 59.5 cm³/mol. The van der Waals surface area contributed by atoms with Crippen molar-refractivity contribution in [1.82, 2.24) is 0 Å². The zero-order valence-electron chi connectivity index (χ0n) is 8.33. The molecule has 3 nitrogen and oxygen atoms in total. The molecule has 1 rings (SSSR count). The summed E-state index contributed by atoms with van der Waals surface area (Å²) in [6, 6.07) is 8.87.